The minimum atomic E-state index is -0.332. The largest absolute Gasteiger partial charge is 0.346 e. The van der Waals surface area contributed by atoms with Crippen LogP contribution in [0.5, 0.6) is 0 Å². The smallest absolute Gasteiger partial charge is 0.283 e. The molecule has 0 radical (unpaired) electrons. The Morgan fingerprint density at radius 3 is 2.33 bits per heavy atom. The maximum Gasteiger partial charge on any atom is 0.283 e. The maximum atomic E-state index is 13.7. The van der Waals surface area contributed by atoms with Crippen LogP contribution in [0.4, 0.5) is 11.4 Å². The minimum absolute atomic E-state index is 0.0634. The highest BCUT2D eigenvalue weighted by Crippen LogP contribution is 2.46. The number of thiazole rings is 1. The Kier molecular flexibility index (Phi) is 4.90. The molecule has 2 aliphatic rings. The zero-order chi connectivity index (χ0) is 23.5. The molecule has 168 valence electrons. The van der Waals surface area contributed by atoms with E-state index in [1.165, 1.54) is 21.9 Å². The van der Waals surface area contributed by atoms with Crippen LogP contribution < -0.4 is 24.7 Å². The van der Waals surface area contributed by atoms with Gasteiger partial charge in [-0.2, -0.15) is 10.1 Å². The second-order valence-corrected chi connectivity index (χ2v) is 9.85. The Bertz CT molecular complexity index is 1490. The van der Waals surface area contributed by atoms with Crippen molar-refractivity contribution in [1.29, 1.82) is 0 Å². The Morgan fingerprint density at radius 1 is 1.00 bits per heavy atom. The lowest BCUT2D eigenvalue weighted by Gasteiger charge is -2.23. The molecule has 0 fully saturated rings. The van der Waals surface area contributed by atoms with Crippen molar-refractivity contribution in [2.24, 2.45) is 5.10 Å². The van der Waals surface area contributed by atoms with Crippen LogP contribution in [0, 0.1) is 0 Å². The standard InChI is InChI=1S/C26H26N4O2S/c1-6-29-24(32)21(22-26(3,4)18-14-10-11-15-19(18)28(22)5)33-25(29)20-16(2)27-30(23(20)31)17-12-8-7-9-13-17/h7-15H,6H2,1-5H3/b22-21+,25-20?. The Labute approximate surface area is 196 Å². The molecule has 2 aliphatic heterocycles. The molecule has 0 N–H and O–H groups in total. The van der Waals surface area contributed by atoms with Crippen LogP contribution >= 0.6 is 11.3 Å². The third-order valence-corrected chi connectivity index (χ3v) is 7.70. The summed E-state index contributed by atoms with van der Waals surface area (Å²) in [4.78, 5) is 29.2. The summed E-state index contributed by atoms with van der Waals surface area (Å²) >= 11 is 1.39. The van der Waals surface area contributed by atoms with Gasteiger partial charge in [-0.05, 0) is 37.6 Å². The van der Waals surface area contributed by atoms with Crippen molar-refractivity contribution in [1.82, 2.24) is 4.57 Å². The number of likely N-dealkylation sites (N-methyl/N-ethyl adjacent to an activating group) is 1. The highest BCUT2D eigenvalue weighted by molar-refractivity contribution is 7.08. The second-order valence-electron chi connectivity index (χ2n) is 8.85. The number of hydrogen-bond acceptors (Lipinski definition) is 5. The SMILES string of the molecule is CCn1c(=C2C(=O)N(c3ccccc3)N=C2C)s/c(=C2/N(C)c3ccccc3C2(C)C)c1=O. The molecule has 0 atom stereocenters. The fourth-order valence-electron chi connectivity index (χ4n) is 4.93. The molecule has 0 spiro atoms. The van der Waals surface area contributed by atoms with Gasteiger partial charge in [0, 0.05) is 24.7 Å². The second kappa shape index (κ2) is 7.56. The number of nitrogens with zero attached hydrogens (tertiary/aromatic N) is 4. The van der Waals surface area contributed by atoms with Crippen molar-refractivity contribution < 1.29 is 4.79 Å². The van der Waals surface area contributed by atoms with Crippen LogP contribution in [-0.2, 0) is 16.8 Å². The van der Waals surface area contributed by atoms with Gasteiger partial charge in [0.2, 0.25) is 0 Å². The zero-order valence-electron chi connectivity index (χ0n) is 19.4. The number of carbonyl (C=O) groups is 1. The van der Waals surface area contributed by atoms with Gasteiger partial charge in [-0.3, -0.25) is 14.2 Å². The van der Waals surface area contributed by atoms with Crippen molar-refractivity contribution in [3.63, 3.8) is 0 Å². The monoisotopic (exact) mass is 458 g/mol. The predicted molar refractivity (Wildman–Crippen MR) is 135 cm³/mol. The van der Waals surface area contributed by atoms with Gasteiger partial charge in [0.05, 0.1) is 22.7 Å². The van der Waals surface area contributed by atoms with Crippen molar-refractivity contribution in [3.05, 3.63) is 79.7 Å². The molecule has 0 saturated carbocycles. The summed E-state index contributed by atoms with van der Waals surface area (Å²) in [5.74, 6) is -0.207. The number of para-hydroxylation sites is 2. The lowest BCUT2D eigenvalue weighted by atomic mass is 9.84. The third kappa shape index (κ3) is 3.03. The molecule has 2 aromatic carbocycles. The normalized spacial score (nSPS) is 20.4. The molecule has 6 nitrogen and oxygen atoms in total. The van der Waals surface area contributed by atoms with Gasteiger partial charge in [0.1, 0.15) is 9.20 Å². The molecule has 3 aromatic rings. The van der Waals surface area contributed by atoms with Gasteiger partial charge < -0.3 is 4.90 Å². The molecule has 33 heavy (non-hydrogen) atoms. The van der Waals surface area contributed by atoms with Crippen LogP contribution in [0.2, 0.25) is 0 Å². The number of aromatic nitrogens is 1. The van der Waals surface area contributed by atoms with Crippen LogP contribution in [-0.4, -0.2) is 23.2 Å². The summed E-state index contributed by atoms with van der Waals surface area (Å²) in [6, 6.07) is 17.6. The summed E-state index contributed by atoms with van der Waals surface area (Å²) in [5.41, 5.74) is 4.68. The van der Waals surface area contributed by atoms with Crippen molar-refractivity contribution in [2.75, 3.05) is 17.0 Å². The number of benzene rings is 2. The topological polar surface area (TPSA) is 57.9 Å². The summed E-state index contributed by atoms with van der Waals surface area (Å²) in [6.07, 6.45) is 0. The number of hydrazone groups is 1. The first-order valence-electron chi connectivity index (χ1n) is 11.0. The van der Waals surface area contributed by atoms with Crippen LogP contribution in [0.25, 0.3) is 11.3 Å². The van der Waals surface area contributed by atoms with E-state index >= 15 is 0 Å². The summed E-state index contributed by atoms with van der Waals surface area (Å²) in [7, 11) is 2.01. The Morgan fingerprint density at radius 2 is 1.67 bits per heavy atom. The third-order valence-electron chi connectivity index (χ3n) is 6.51. The number of fused-ring (bicyclic) bond motifs is 1. The van der Waals surface area contributed by atoms with E-state index in [0.717, 1.165) is 11.4 Å². The lowest BCUT2D eigenvalue weighted by Crippen LogP contribution is -2.38. The lowest BCUT2D eigenvalue weighted by molar-refractivity contribution is -0.112. The van der Waals surface area contributed by atoms with E-state index in [1.54, 1.807) is 4.57 Å². The van der Waals surface area contributed by atoms with Crippen LogP contribution in [0.15, 0.2) is 64.5 Å². The van der Waals surface area contributed by atoms with Gasteiger partial charge >= 0.3 is 0 Å². The van der Waals surface area contributed by atoms with Gasteiger partial charge in [-0.15, -0.1) is 11.3 Å². The Balaban J connectivity index is 1.79. The summed E-state index contributed by atoms with van der Waals surface area (Å²) in [5, 5.41) is 5.94. The predicted octanol–water partition coefficient (Wildman–Crippen LogP) is 3.04. The van der Waals surface area contributed by atoms with Gasteiger partial charge in [-0.25, -0.2) is 0 Å². The van der Waals surface area contributed by atoms with Crippen LogP contribution in [0.3, 0.4) is 0 Å². The first kappa shape index (κ1) is 21.4. The van der Waals surface area contributed by atoms with Crippen molar-refractivity contribution in [2.45, 2.75) is 39.7 Å². The summed E-state index contributed by atoms with van der Waals surface area (Å²) < 4.78 is 3.04. The summed E-state index contributed by atoms with van der Waals surface area (Å²) in [6.45, 7) is 8.54. The highest BCUT2D eigenvalue weighted by atomic mass is 32.1. The van der Waals surface area contributed by atoms with Gasteiger partial charge in [-0.1, -0.05) is 50.2 Å². The molecule has 3 heterocycles. The molecule has 1 amide bonds. The molecule has 1 aromatic heterocycles. The van der Waals surface area contributed by atoms with Gasteiger partial charge in [0.25, 0.3) is 11.5 Å². The maximum absolute atomic E-state index is 13.7. The highest BCUT2D eigenvalue weighted by Gasteiger charge is 2.40. The zero-order valence-corrected chi connectivity index (χ0v) is 20.2. The minimum Gasteiger partial charge on any atom is -0.346 e. The van der Waals surface area contributed by atoms with E-state index in [9.17, 15) is 9.59 Å². The first-order chi connectivity index (χ1) is 15.8. The number of anilines is 2. The number of carbonyl (C=O) groups excluding carboxylic acids is 1. The molecule has 0 aliphatic carbocycles. The number of rotatable bonds is 2. The molecule has 7 heteroatoms. The molecule has 5 rings (SSSR count). The quantitative estimate of drug-likeness (QED) is 0.593. The molecule has 0 bridgehead atoms. The number of amides is 1. The van der Waals surface area contributed by atoms with E-state index in [4.69, 9.17) is 0 Å². The molecule has 0 saturated heterocycles. The molecule has 0 unspecified atom stereocenters. The Hall–Kier alpha value is -3.45. The van der Waals surface area contributed by atoms with E-state index in [-0.39, 0.29) is 16.9 Å². The van der Waals surface area contributed by atoms with E-state index in [1.807, 2.05) is 63.4 Å². The van der Waals surface area contributed by atoms with E-state index < -0.39 is 0 Å². The van der Waals surface area contributed by atoms with E-state index in [2.05, 4.69) is 36.0 Å². The van der Waals surface area contributed by atoms with Crippen LogP contribution in [0.1, 0.15) is 33.3 Å². The first-order valence-corrected chi connectivity index (χ1v) is 11.9. The average Bonchev–Trinajstić information content (AvgIpc) is 3.35. The average molecular weight is 459 g/mol. The van der Waals surface area contributed by atoms with Gasteiger partial charge in [0.15, 0.2) is 0 Å². The molecular formula is C26H26N4O2S. The number of hydrogen-bond donors (Lipinski definition) is 0. The fourth-order valence-corrected chi connectivity index (χ4v) is 6.47. The van der Waals surface area contributed by atoms with E-state index in [0.29, 0.717) is 32.7 Å². The fraction of sp³-hybridized carbons (Fsp3) is 0.269. The van der Waals surface area contributed by atoms with Crippen molar-refractivity contribution >= 4 is 45.6 Å². The van der Waals surface area contributed by atoms with Crippen molar-refractivity contribution in [3.8, 4) is 0 Å². The molecular weight excluding hydrogens is 432 g/mol.